The highest BCUT2D eigenvalue weighted by Crippen LogP contribution is 2.76. The van der Waals surface area contributed by atoms with Gasteiger partial charge in [-0.15, -0.1) is 0 Å². The van der Waals surface area contributed by atoms with Crippen molar-refractivity contribution in [2.75, 3.05) is 0 Å². The van der Waals surface area contributed by atoms with Gasteiger partial charge in [0.25, 0.3) is 0 Å². The molecular formula is C57H80O2S. The van der Waals surface area contributed by atoms with Gasteiger partial charge in [-0.3, -0.25) is 4.79 Å². The highest BCUT2D eigenvalue weighted by molar-refractivity contribution is 8.30. The van der Waals surface area contributed by atoms with Crippen LogP contribution in [0.5, 0.6) is 0 Å². The molecule has 0 amide bonds. The van der Waals surface area contributed by atoms with Crippen LogP contribution in [0.4, 0.5) is 0 Å². The first-order valence-electron chi connectivity index (χ1n) is 26.1. The minimum absolute atomic E-state index is 0.00468. The van der Waals surface area contributed by atoms with Crippen molar-refractivity contribution >= 4 is 16.3 Å². The molecule has 60 heavy (non-hydrogen) atoms. The molecule has 3 aromatic carbocycles. The SMILES string of the molecule is CCC(=O)OS(c1ccccc1)(c1c(C2CCCCC2)cc(C2CCCCC2)cc1C1CCCCC1)c1c(C2CCCCC2)cc(C2CCCCC2)cc1C1CCCCC1. The van der Waals surface area contributed by atoms with Gasteiger partial charge in [0.05, 0.1) is 0 Å². The molecule has 9 rings (SSSR count). The van der Waals surface area contributed by atoms with E-state index in [4.69, 9.17) is 4.18 Å². The number of hydrogen-bond acceptors (Lipinski definition) is 2. The van der Waals surface area contributed by atoms with Gasteiger partial charge in [-0.25, -0.2) is 0 Å². The standard InChI is InChI=1S/C57H80O2S/c1-2-55(58)59-60(50-36-22-9-23-37-50,56-51(44-28-14-5-15-29-44)38-48(42-24-10-3-11-25-42)39-52(56)45-30-16-6-17-31-45)57-53(46-32-18-7-19-33-46)40-49(43-26-12-4-13-27-43)41-54(57)47-34-20-8-21-35-47/h9,22-23,36-47H,2-8,10-21,24-35H2,1H3. The Labute approximate surface area is 367 Å². The monoisotopic (exact) mass is 829 g/mol. The second-order valence-electron chi connectivity index (χ2n) is 20.7. The molecule has 0 bridgehead atoms. The van der Waals surface area contributed by atoms with Gasteiger partial charge >= 0.3 is 5.97 Å². The smallest absolute Gasteiger partial charge is 0.316 e. The van der Waals surface area contributed by atoms with Crippen molar-refractivity contribution in [1.82, 2.24) is 0 Å². The zero-order valence-corrected chi connectivity index (χ0v) is 38.6. The molecule has 3 heteroatoms. The van der Waals surface area contributed by atoms with Gasteiger partial charge in [0, 0.05) is 21.1 Å². The summed E-state index contributed by atoms with van der Waals surface area (Å²) in [6, 6.07) is 22.8. The van der Waals surface area contributed by atoms with Crippen LogP contribution >= 0.6 is 10.3 Å². The van der Waals surface area contributed by atoms with Gasteiger partial charge in [-0.2, -0.15) is 0 Å². The summed E-state index contributed by atoms with van der Waals surface area (Å²) in [4.78, 5) is 19.3. The normalized spacial score (nSPS) is 23.1. The maximum atomic E-state index is 14.9. The number of carbonyl (C=O) groups is 1. The maximum absolute atomic E-state index is 14.9. The lowest BCUT2D eigenvalue weighted by molar-refractivity contribution is -0.133. The average Bonchev–Trinajstić information content (AvgIpc) is 3.34. The first-order valence-corrected chi connectivity index (χ1v) is 27.7. The molecule has 2 nitrogen and oxygen atoms in total. The van der Waals surface area contributed by atoms with Gasteiger partial charge in [-0.05, 0) is 168 Å². The van der Waals surface area contributed by atoms with E-state index in [2.05, 4.69) is 61.5 Å². The van der Waals surface area contributed by atoms with Crippen LogP contribution in [0.3, 0.4) is 0 Å². The van der Waals surface area contributed by atoms with Crippen molar-refractivity contribution in [3.63, 3.8) is 0 Å². The fourth-order valence-electron chi connectivity index (χ4n) is 13.6. The molecule has 0 aliphatic heterocycles. The van der Waals surface area contributed by atoms with Crippen molar-refractivity contribution in [1.29, 1.82) is 0 Å². The molecule has 326 valence electrons. The summed E-state index contributed by atoms with van der Waals surface area (Å²) in [7, 11) is -2.51. The lowest BCUT2D eigenvalue weighted by atomic mass is 9.76. The molecule has 6 aliphatic rings. The van der Waals surface area contributed by atoms with Gasteiger partial charge in [0.15, 0.2) is 0 Å². The van der Waals surface area contributed by atoms with Crippen LogP contribution in [0.25, 0.3) is 0 Å². The second-order valence-corrected chi connectivity index (χ2v) is 23.3. The highest BCUT2D eigenvalue weighted by atomic mass is 32.3. The Morgan fingerprint density at radius 3 is 1.00 bits per heavy atom. The number of benzene rings is 3. The summed E-state index contributed by atoms with van der Waals surface area (Å²) in [5.74, 6) is 3.39. The van der Waals surface area contributed by atoms with Crippen LogP contribution < -0.4 is 0 Å². The topological polar surface area (TPSA) is 26.3 Å². The molecule has 0 N–H and O–H groups in total. The highest BCUT2D eigenvalue weighted by Gasteiger charge is 2.47. The predicted molar refractivity (Wildman–Crippen MR) is 253 cm³/mol. The zero-order chi connectivity index (χ0) is 40.7. The van der Waals surface area contributed by atoms with E-state index >= 15 is 0 Å². The van der Waals surface area contributed by atoms with Crippen LogP contribution in [-0.4, -0.2) is 5.97 Å². The first kappa shape index (κ1) is 42.8. The van der Waals surface area contributed by atoms with E-state index in [0.717, 1.165) is 0 Å². The molecular weight excluding hydrogens is 749 g/mol. The molecule has 0 radical (unpaired) electrons. The minimum atomic E-state index is -2.51. The van der Waals surface area contributed by atoms with E-state index in [1.807, 2.05) is 0 Å². The number of hydrogen-bond donors (Lipinski definition) is 0. The fourth-order valence-corrected chi connectivity index (χ4v) is 17.7. The largest absolute Gasteiger partial charge is 0.402 e. The molecule has 0 unspecified atom stereocenters. The van der Waals surface area contributed by atoms with Gasteiger partial charge in [0.2, 0.25) is 0 Å². The Morgan fingerprint density at radius 2 is 0.717 bits per heavy atom. The third-order valence-corrected chi connectivity index (χ3v) is 20.3. The predicted octanol–water partition coefficient (Wildman–Crippen LogP) is 18.1. The van der Waals surface area contributed by atoms with Crippen LogP contribution in [0.15, 0.2) is 69.3 Å². The number of carbonyl (C=O) groups excluding carboxylic acids is 1. The van der Waals surface area contributed by atoms with Crippen molar-refractivity contribution in [3.8, 4) is 0 Å². The van der Waals surface area contributed by atoms with Crippen LogP contribution in [0, 0.1) is 0 Å². The van der Waals surface area contributed by atoms with Gasteiger partial charge in [0.1, 0.15) is 0 Å². The van der Waals surface area contributed by atoms with E-state index in [9.17, 15) is 4.79 Å². The van der Waals surface area contributed by atoms with Crippen LogP contribution in [-0.2, 0) is 8.98 Å². The van der Waals surface area contributed by atoms with E-state index < -0.39 is 10.3 Å². The third-order valence-electron chi connectivity index (χ3n) is 16.8. The summed E-state index contributed by atoms with van der Waals surface area (Å²) < 4.78 is 7.89. The molecule has 0 heterocycles. The second kappa shape index (κ2) is 20.3. The molecule has 0 aromatic heterocycles. The molecule has 0 atom stereocenters. The van der Waals surface area contributed by atoms with Gasteiger partial charge in [-0.1, -0.05) is 165 Å². The maximum Gasteiger partial charge on any atom is 0.316 e. The third kappa shape index (κ3) is 9.11. The quantitative estimate of drug-likeness (QED) is 0.192. The molecule has 3 aromatic rings. The lowest BCUT2D eigenvalue weighted by Gasteiger charge is -2.48. The number of rotatable bonds is 11. The van der Waals surface area contributed by atoms with E-state index in [1.54, 1.807) is 33.4 Å². The molecule has 6 saturated carbocycles. The zero-order valence-electron chi connectivity index (χ0n) is 37.8. The van der Waals surface area contributed by atoms with Crippen molar-refractivity contribution < 1.29 is 8.98 Å². The first-order chi connectivity index (χ1) is 29.6. The molecule has 0 saturated heterocycles. The summed E-state index contributed by atoms with van der Waals surface area (Å²) in [5, 5.41) is 0. The summed E-state index contributed by atoms with van der Waals surface area (Å²) in [6.45, 7) is 2.06. The molecule has 6 fully saturated rings. The molecule has 6 aliphatic carbocycles. The Morgan fingerprint density at radius 1 is 0.433 bits per heavy atom. The fraction of sp³-hybridized carbons (Fsp3) is 0.667. The minimum Gasteiger partial charge on any atom is -0.402 e. The summed E-state index contributed by atoms with van der Waals surface area (Å²) >= 11 is 0. The van der Waals surface area contributed by atoms with Crippen molar-refractivity contribution in [2.24, 2.45) is 0 Å². The van der Waals surface area contributed by atoms with E-state index in [-0.39, 0.29) is 5.97 Å². The Hall–Kier alpha value is -2.52. The van der Waals surface area contributed by atoms with Crippen molar-refractivity contribution in [3.05, 3.63) is 88.0 Å². The van der Waals surface area contributed by atoms with Crippen LogP contribution in [0.2, 0.25) is 0 Å². The van der Waals surface area contributed by atoms with E-state index in [1.165, 1.54) is 207 Å². The molecule has 0 spiro atoms. The summed E-state index contributed by atoms with van der Waals surface area (Å²) in [5.41, 5.74) is 9.72. The van der Waals surface area contributed by atoms with Gasteiger partial charge < -0.3 is 4.18 Å². The average molecular weight is 829 g/mol. The Balaban J connectivity index is 1.43. The Kier molecular flexibility index (Phi) is 14.5. The summed E-state index contributed by atoms with van der Waals surface area (Å²) in [6.07, 6.45) is 40.0. The van der Waals surface area contributed by atoms with Crippen molar-refractivity contribution in [2.45, 2.75) is 256 Å². The van der Waals surface area contributed by atoms with Crippen LogP contribution in [0.1, 0.15) is 275 Å². The lowest BCUT2D eigenvalue weighted by Crippen LogP contribution is -2.24. The van der Waals surface area contributed by atoms with E-state index in [0.29, 0.717) is 41.9 Å². The Bertz CT molecular complexity index is 1660.